The van der Waals surface area contributed by atoms with Gasteiger partial charge in [0.2, 0.25) is 15.9 Å². The molecule has 29 heavy (non-hydrogen) atoms. The van der Waals surface area contributed by atoms with Gasteiger partial charge in [0.15, 0.2) is 0 Å². The van der Waals surface area contributed by atoms with Crippen molar-refractivity contribution in [2.45, 2.75) is 25.3 Å². The van der Waals surface area contributed by atoms with Crippen molar-refractivity contribution in [3.63, 3.8) is 0 Å². The number of sulfonamides is 1. The van der Waals surface area contributed by atoms with Gasteiger partial charge in [0, 0.05) is 5.69 Å². The summed E-state index contributed by atoms with van der Waals surface area (Å²) >= 11 is 0. The normalized spacial score (nSPS) is 11.6. The van der Waals surface area contributed by atoms with E-state index in [1.54, 1.807) is 37.3 Å². The molecule has 0 atom stereocenters. The summed E-state index contributed by atoms with van der Waals surface area (Å²) < 4.78 is 46.2. The molecule has 0 bridgehead atoms. The molecule has 0 fully saturated rings. The second kappa shape index (κ2) is 8.59. The number of hydrogen-bond acceptors (Lipinski definition) is 4. The highest BCUT2D eigenvalue weighted by atomic mass is 32.2. The number of carbonyl (C=O) groups is 1. The lowest BCUT2D eigenvalue weighted by molar-refractivity contribution is -0.116. The van der Waals surface area contributed by atoms with Crippen LogP contribution in [-0.2, 0) is 21.4 Å². The zero-order chi connectivity index (χ0) is 21.0. The van der Waals surface area contributed by atoms with Gasteiger partial charge < -0.3 is 9.73 Å². The van der Waals surface area contributed by atoms with Crippen molar-refractivity contribution in [3.05, 3.63) is 83.6 Å². The highest BCUT2D eigenvalue weighted by Gasteiger charge is 2.27. The molecule has 8 heteroatoms. The third-order valence-corrected chi connectivity index (χ3v) is 6.15. The summed E-state index contributed by atoms with van der Waals surface area (Å²) in [5.41, 5.74) is 1.62. The summed E-state index contributed by atoms with van der Waals surface area (Å²) in [5, 5.41) is 2.54. The third-order valence-electron chi connectivity index (χ3n) is 4.35. The largest absolute Gasteiger partial charge is 0.468 e. The van der Waals surface area contributed by atoms with Crippen LogP contribution in [0, 0.1) is 19.7 Å². The Morgan fingerprint density at radius 2 is 1.83 bits per heavy atom. The minimum atomic E-state index is -3.96. The van der Waals surface area contributed by atoms with E-state index in [1.165, 1.54) is 30.5 Å². The van der Waals surface area contributed by atoms with E-state index in [2.05, 4.69) is 5.32 Å². The van der Waals surface area contributed by atoms with E-state index in [0.29, 0.717) is 11.3 Å². The van der Waals surface area contributed by atoms with Crippen LogP contribution in [-0.4, -0.2) is 25.2 Å². The maximum absolute atomic E-state index is 13.7. The Morgan fingerprint density at radius 3 is 2.45 bits per heavy atom. The molecule has 0 saturated heterocycles. The van der Waals surface area contributed by atoms with E-state index in [9.17, 15) is 17.6 Å². The zero-order valence-electron chi connectivity index (χ0n) is 16.1. The Balaban J connectivity index is 1.83. The molecule has 1 amide bonds. The fraction of sp³-hybridized carbons (Fsp3) is 0.190. The number of hydrogen-bond donors (Lipinski definition) is 1. The molecule has 1 N–H and O–H groups in total. The first-order chi connectivity index (χ1) is 13.8. The van der Waals surface area contributed by atoms with Crippen LogP contribution in [0.4, 0.5) is 10.1 Å². The lowest BCUT2D eigenvalue weighted by atomic mass is 10.2. The van der Waals surface area contributed by atoms with Crippen molar-refractivity contribution < 1.29 is 22.0 Å². The summed E-state index contributed by atoms with van der Waals surface area (Å²) in [6.07, 6.45) is 1.43. The molecule has 0 aliphatic rings. The van der Waals surface area contributed by atoms with Gasteiger partial charge in [-0.25, -0.2) is 12.8 Å². The number of nitrogens with one attached hydrogen (secondary N) is 1. The molecular formula is C21H21FN2O4S. The summed E-state index contributed by atoms with van der Waals surface area (Å²) in [6.45, 7) is 2.90. The average Bonchev–Trinajstić information content (AvgIpc) is 3.18. The molecule has 152 valence electrons. The number of aryl methyl sites for hydroxylation is 2. The molecule has 1 heterocycles. The van der Waals surface area contributed by atoms with Gasteiger partial charge in [-0.2, -0.15) is 4.31 Å². The van der Waals surface area contributed by atoms with Crippen LogP contribution in [0.3, 0.4) is 0 Å². The Kier molecular flexibility index (Phi) is 6.14. The maximum Gasteiger partial charge on any atom is 0.243 e. The molecule has 6 nitrogen and oxygen atoms in total. The summed E-state index contributed by atoms with van der Waals surface area (Å²) in [7, 11) is -3.96. The maximum atomic E-state index is 13.7. The van der Waals surface area contributed by atoms with E-state index >= 15 is 0 Å². The quantitative estimate of drug-likeness (QED) is 0.634. The van der Waals surface area contributed by atoms with Crippen LogP contribution >= 0.6 is 0 Å². The number of benzene rings is 2. The van der Waals surface area contributed by atoms with E-state index in [-0.39, 0.29) is 17.1 Å². The minimum Gasteiger partial charge on any atom is -0.468 e. The summed E-state index contributed by atoms with van der Waals surface area (Å²) in [5.74, 6) is -0.645. The summed E-state index contributed by atoms with van der Waals surface area (Å²) in [6, 6.07) is 13.9. The Hall–Kier alpha value is -2.97. The van der Waals surface area contributed by atoms with Gasteiger partial charge >= 0.3 is 0 Å². The van der Waals surface area contributed by atoms with Crippen LogP contribution in [0.15, 0.2) is 70.2 Å². The van der Waals surface area contributed by atoms with E-state index in [4.69, 9.17) is 4.42 Å². The van der Waals surface area contributed by atoms with Gasteiger partial charge in [-0.05, 0) is 55.8 Å². The topological polar surface area (TPSA) is 79.6 Å². The van der Waals surface area contributed by atoms with Crippen molar-refractivity contribution in [2.24, 2.45) is 0 Å². The molecular weight excluding hydrogens is 395 g/mol. The van der Waals surface area contributed by atoms with E-state index < -0.39 is 28.3 Å². The Bertz CT molecular complexity index is 1090. The van der Waals surface area contributed by atoms with Gasteiger partial charge in [0.25, 0.3) is 0 Å². The molecule has 3 aromatic rings. The third kappa shape index (κ3) is 5.10. The fourth-order valence-corrected chi connectivity index (χ4v) is 4.06. The molecule has 0 aliphatic carbocycles. The first kappa shape index (κ1) is 20.8. The number of halogens is 1. The predicted octanol–water partition coefficient (Wildman–Crippen LogP) is 3.87. The van der Waals surface area contributed by atoms with Crippen LogP contribution in [0.25, 0.3) is 0 Å². The lowest BCUT2D eigenvalue weighted by Gasteiger charge is -2.21. The first-order valence-electron chi connectivity index (χ1n) is 8.91. The summed E-state index contributed by atoms with van der Waals surface area (Å²) in [4.78, 5) is 12.6. The fourth-order valence-electron chi connectivity index (χ4n) is 2.69. The molecule has 0 saturated carbocycles. The Labute approximate surface area is 169 Å². The van der Waals surface area contributed by atoms with Crippen molar-refractivity contribution in [2.75, 3.05) is 11.9 Å². The second-order valence-electron chi connectivity index (χ2n) is 6.68. The molecule has 0 radical (unpaired) electrons. The molecule has 0 aliphatic heterocycles. The van der Waals surface area contributed by atoms with Crippen LogP contribution in [0.2, 0.25) is 0 Å². The van der Waals surface area contributed by atoms with Crippen LogP contribution in [0.1, 0.15) is 16.9 Å². The predicted molar refractivity (Wildman–Crippen MR) is 107 cm³/mol. The standard InChI is InChI=1S/C21H21FN2O4S/c1-15-5-9-19(10-6-15)29(26,27)24(13-18-4-3-11-28-18)14-21(25)23-17-8-7-16(2)20(22)12-17/h3-12H,13-14H2,1-2H3,(H,23,25). The number of amides is 1. The zero-order valence-corrected chi connectivity index (χ0v) is 16.9. The van der Waals surface area contributed by atoms with Crippen LogP contribution in [0.5, 0.6) is 0 Å². The molecule has 3 rings (SSSR count). The number of nitrogens with zero attached hydrogens (tertiary/aromatic N) is 1. The van der Waals surface area contributed by atoms with Crippen molar-refractivity contribution in [3.8, 4) is 0 Å². The molecule has 0 unspecified atom stereocenters. The highest BCUT2D eigenvalue weighted by molar-refractivity contribution is 7.89. The smallest absolute Gasteiger partial charge is 0.243 e. The van der Waals surface area contributed by atoms with E-state index in [1.807, 2.05) is 6.92 Å². The first-order valence-corrected chi connectivity index (χ1v) is 10.3. The molecule has 0 spiro atoms. The lowest BCUT2D eigenvalue weighted by Crippen LogP contribution is -2.37. The van der Waals surface area contributed by atoms with E-state index in [0.717, 1.165) is 9.87 Å². The van der Waals surface area contributed by atoms with Crippen molar-refractivity contribution in [1.82, 2.24) is 4.31 Å². The monoisotopic (exact) mass is 416 g/mol. The van der Waals surface area contributed by atoms with Crippen molar-refractivity contribution in [1.29, 1.82) is 0 Å². The number of anilines is 1. The van der Waals surface area contributed by atoms with Gasteiger partial charge in [0.05, 0.1) is 24.2 Å². The molecule has 1 aromatic heterocycles. The highest BCUT2D eigenvalue weighted by Crippen LogP contribution is 2.20. The molecule has 2 aromatic carbocycles. The van der Waals surface area contributed by atoms with Crippen molar-refractivity contribution >= 4 is 21.6 Å². The van der Waals surface area contributed by atoms with Gasteiger partial charge in [-0.1, -0.05) is 23.8 Å². The van der Waals surface area contributed by atoms with Crippen LogP contribution < -0.4 is 5.32 Å². The van der Waals surface area contributed by atoms with Gasteiger partial charge in [-0.15, -0.1) is 0 Å². The second-order valence-corrected chi connectivity index (χ2v) is 8.62. The number of carbonyl (C=O) groups excluding carboxylic acids is 1. The Morgan fingerprint density at radius 1 is 1.10 bits per heavy atom. The minimum absolute atomic E-state index is 0.0730. The SMILES string of the molecule is Cc1ccc(S(=O)(=O)N(CC(=O)Nc2ccc(C)c(F)c2)Cc2ccco2)cc1. The average molecular weight is 416 g/mol. The number of rotatable bonds is 7. The van der Waals surface area contributed by atoms with Gasteiger partial charge in [-0.3, -0.25) is 4.79 Å². The number of furan rings is 1. The van der Waals surface area contributed by atoms with Gasteiger partial charge in [0.1, 0.15) is 11.6 Å².